The number of carbonyl (C=O) groups excluding carboxylic acids is 3. The van der Waals surface area contributed by atoms with Gasteiger partial charge in [-0.3, -0.25) is 14.4 Å². The number of anilines is 2. The van der Waals surface area contributed by atoms with Gasteiger partial charge in [0.15, 0.2) is 0 Å². The third-order valence-electron chi connectivity index (χ3n) is 5.54. The fourth-order valence-corrected chi connectivity index (χ4v) is 3.80. The smallest absolute Gasteiger partial charge is 0.243 e. The van der Waals surface area contributed by atoms with Crippen LogP contribution in [0.4, 0.5) is 11.4 Å². The Bertz CT molecular complexity index is 1060. The Labute approximate surface area is 191 Å². The second-order valence-corrected chi connectivity index (χ2v) is 7.98. The summed E-state index contributed by atoms with van der Waals surface area (Å²) in [6.07, 6.45) is 0.0250. The van der Waals surface area contributed by atoms with Gasteiger partial charge >= 0.3 is 0 Å². The van der Waals surface area contributed by atoms with Gasteiger partial charge in [0, 0.05) is 24.7 Å². The Kier molecular flexibility index (Phi) is 7.25. The molecule has 1 saturated heterocycles. The number of methoxy groups -OCH3 is 2. The van der Waals surface area contributed by atoms with Crippen molar-refractivity contribution in [3.63, 3.8) is 0 Å². The third-order valence-corrected chi connectivity index (χ3v) is 5.84. The standard InChI is InChI=1S/C23H26ClN3O5/c1-13-6-5-7-17(14(13)2)26-21(28)11-25-23(30)15-8-22(29)27(12-15)18-9-16(24)19(31-3)10-20(18)32-4/h5-7,9-10,15H,8,11-12H2,1-4H3,(H,25,30)(H,26,28)/t15-/m1/s1. The molecule has 2 N–H and O–H groups in total. The van der Waals surface area contributed by atoms with Crippen LogP contribution in [0.25, 0.3) is 0 Å². The molecule has 0 bridgehead atoms. The topological polar surface area (TPSA) is 97.0 Å². The van der Waals surface area contributed by atoms with Crippen molar-refractivity contribution in [3.05, 3.63) is 46.5 Å². The van der Waals surface area contributed by atoms with Crippen LogP contribution in [-0.4, -0.2) is 45.0 Å². The van der Waals surface area contributed by atoms with E-state index in [0.717, 1.165) is 11.1 Å². The van der Waals surface area contributed by atoms with Gasteiger partial charge in [-0.2, -0.15) is 0 Å². The number of amides is 3. The van der Waals surface area contributed by atoms with Gasteiger partial charge in [-0.25, -0.2) is 0 Å². The van der Waals surface area contributed by atoms with Crippen molar-refractivity contribution in [1.29, 1.82) is 0 Å². The molecule has 9 heteroatoms. The van der Waals surface area contributed by atoms with E-state index in [1.54, 1.807) is 12.1 Å². The SMILES string of the molecule is COc1cc(OC)c(N2C[C@H](C(=O)NCC(=O)Nc3cccc(C)c3C)CC2=O)cc1Cl. The van der Waals surface area contributed by atoms with Crippen molar-refractivity contribution in [2.75, 3.05) is 37.5 Å². The first-order chi connectivity index (χ1) is 15.2. The predicted molar refractivity (Wildman–Crippen MR) is 123 cm³/mol. The van der Waals surface area contributed by atoms with Crippen LogP contribution in [0.1, 0.15) is 17.5 Å². The highest BCUT2D eigenvalue weighted by Gasteiger charge is 2.36. The van der Waals surface area contributed by atoms with Crippen LogP contribution in [0.3, 0.4) is 0 Å². The van der Waals surface area contributed by atoms with Gasteiger partial charge in [-0.05, 0) is 37.1 Å². The molecule has 3 rings (SSSR count). The van der Waals surface area contributed by atoms with Crippen molar-refractivity contribution in [2.45, 2.75) is 20.3 Å². The van der Waals surface area contributed by atoms with E-state index >= 15 is 0 Å². The Morgan fingerprint density at radius 2 is 1.88 bits per heavy atom. The number of rotatable bonds is 7. The van der Waals surface area contributed by atoms with Crippen LogP contribution < -0.4 is 25.0 Å². The number of aryl methyl sites for hydroxylation is 1. The van der Waals surface area contributed by atoms with Crippen molar-refractivity contribution in [1.82, 2.24) is 5.32 Å². The summed E-state index contributed by atoms with van der Waals surface area (Å²) in [5.41, 5.74) is 3.20. The number of ether oxygens (including phenoxy) is 2. The first-order valence-corrected chi connectivity index (χ1v) is 10.5. The molecule has 0 unspecified atom stereocenters. The third kappa shape index (κ3) is 4.96. The highest BCUT2D eigenvalue weighted by Crippen LogP contribution is 2.40. The molecule has 0 spiro atoms. The summed E-state index contributed by atoms with van der Waals surface area (Å²) >= 11 is 6.21. The maximum absolute atomic E-state index is 12.6. The van der Waals surface area contributed by atoms with Gasteiger partial charge in [-0.1, -0.05) is 23.7 Å². The van der Waals surface area contributed by atoms with E-state index in [9.17, 15) is 14.4 Å². The number of nitrogens with one attached hydrogen (secondary N) is 2. The monoisotopic (exact) mass is 459 g/mol. The van der Waals surface area contributed by atoms with E-state index in [1.165, 1.54) is 19.1 Å². The zero-order valence-electron chi connectivity index (χ0n) is 18.5. The fourth-order valence-electron chi connectivity index (χ4n) is 3.56. The molecular weight excluding hydrogens is 434 g/mol. The lowest BCUT2D eigenvalue weighted by Crippen LogP contribution is -2.38. The second kappa shape index (κ2) is 9.91. The van der Waals surface area contributed by atoms with Crippen molar-refractivity contribution >= 4 is 40.7 Å². The van der Waals surface area contributed by atoms with Crippen LogP contribution in [0, 0.1) is 19.8 Å². The average molecular weight is 460 g/mol. The first-order valence-electron chi connectivity index (χ1n) is 10.1. The number of benzene rings is 2. The molecule has 8 nitrogen and oxygen atoms in total. The molecule has 1 heterocycles. The second-order valence-electron chi connectivity index (χ2n) is 7.58. The van der Waals surface area contributed by atoms with E-state index in [1.807, 2.05) is 32.0 Å². The summed E-state index contributed by atoms with van der Waals surface area (Å²) in [4.78, 5) is 39.0. The molecule has 0 radical (unpaired) electrons. The molecule has 1 aliphatic rings. The van der Waals surface area contributed by atoms with E-state index in [-0.39, 0.29) is 37.2 Å². The molecule has 170 valence electrons. The van der Waals surface area contributed by atoms with Crippen LogP contribution in [0.5, 0.6) is 11.5 Å². The summed E-state index contributed by atoms with van der Waals surface area (Å²) in [6, 6.07) is 8.80. The maximum Gasteiger partial charge on any atom is 0.243 e. The molecule has 1 fully saturated rings. The summed E-state index contributed by atoms with van der Waals surface area (Å²) in [5, 5.41) is 5.75. The Morgan fingerprint density at radius 3 is 2.56 bits per heavy atom. The van der Waals surface area contributed by atoms with Crippen LogP contribution in [0.2, 0.25) is 5.02 Å². The van der Waals surface area contributed by atoms with Crippen molar-refractivity contribution in [3.8, 4) is 11.5 Å². The van der Waals surface area contributed by atoms with Gasteiger partial charge in [0.1, 0.15) is 11.5 Å². The first kappa shape index (κ1) is 23.4. The summed E-state index contributed by atoms with van der Waals surface area (Å²) in [6.45, 7) is 3.85. The minimum absolute atomic E-state index is 0.0250. The zero-order chi connectivity index (χ0) is 23.4. The quantitative estimate of drug-likeness (QED) is 0.663. The molecule has 1 atom stereocenters. The Morgan fingerprint density at radius 1 is 1.16 bits per heavy atom. The normalized spacial score (nSPS) is 15.5. The average Bonchev–Trinajstić information content (AvgIpc) is 3.16. The Balaban J connectivity index is 1.62. The predicted octanol–water partition coefficient (Wildman–Crippen LogP) is 3.08. The molecule has 2 aromatic rings. The van der Waals surface area contributed by atoms with E-state index < -0.39 is 5.92 Å². The van der Waals surface area contributed by atoms with Gasteiger partial charge < -0.3 is 25.0 Å². The highest BCUT2D eigenvalue weighted by molar-refractivity contribution is 6.32. The number of hydrogen-bond acceptors (Lipinski definition) is 5. The number of carbonyl (C=O) groups is 3. The van der Waals surface area contributed by atoms with Gasteiger partial charge in [-0.15, -0.1) is 0 Å². The number of halogens is 1. The van der Waals surface area contributed by atoms with Crippen molar-refractivity contribution < 1.29 is 23.9 Å². The lowest BCUT2D eigenvalue weighted by molar-refractivity contribution is -0.127. The largest absolute Gasteiger partial charge is 0.495 e. The molecule has 3 amide bonds. The van der Waals surface area contributed by atoms with E-state index in [2.05, 4.69) is 10.6 Å². The van der Waals surface area contributed by atoms with Crippen molar-refractivity contribution in [2.24, 2.45) is 5.92 Å². The van der Waals surface area contributed by atoms with E-state index in [4.69, 9.17) is 21.1 Å². The zero-order valence-corrected chi connectivity index (χ0v) is 19.2. The van der Waals surface area contributed by atoms with Crippen LogP contribution >= 0.6 is 11.6 Å². The molecule has 2 aromatic carbocycles. The number of hydrogen-bond donors (Lipinski definition) is 2. The van der Waals surface area contributed by atoms with Gasteiger partial charge in [0.2, 0.25) is 17.7 Å². The minimum Gasteiger partial charge on any atom is -0.495 e. The molecule has 0 saturated carbocycles. The lowest BCUT2D eigenvalue weighted by Gasteiger charge is -2.21. The summed E-state index contributed by atoms with van der Waals surface area (Å²) in [5.74, 6) is -0.699. The molecule has 1 aliphatic heterocycles. The van der Waals surface area contributed by atoms with Crippen LogP contribution in [-0.2, 0) is 14.4 Å². The van der Waals surface area contributed by atoms with Gasteiger partial charge in [0.05, 0.1) is 37.4 Å². The summed E-state index contributed by atoms with van der Waals surface area (Å²) in [7, 11) is 2.96. The summed E-state index contributed by atoms with van der Waals surface area (Å²) < 4.78 is 10.6. The Hall–Kier alpha value is -3.26. The fraction of sp³-hybridized carbons (Fsp3) is 0.348. The highest BCUT2D eigenvalue weighted by atomic mass is 35.5. The van der Waals surface area contributed by atoms with E-state index in [0.29, 0.717) is 27.9 Å². The van der Waals surface area contributed by atoms with Gasteiger partial charge in [0.25, 0.3) is 0 Å². The lowest BCUT2D eigenvalue weighted by atomic mass is 10.1. The van der Waals surface area contributed by atoms with Crippen LogP contribution in [0.15, 0.2) is 30.3 Å². The molecule has 0 aliphatic carbocycles. The minimum atomic E-state index is -0.596. The molecule has 0 aromatic heterocycles. The maximum atomic E-state index is 12.6. The molecule has 32 heavy (non-hydrogen) atoms. The number of nitrogens with zero attached hydrogens (tertiary/aromatic N) is 1. The molecular formula is C23H26ClN3O5.